The standard InChI is InChI=1S/C13H18BrNS/c1-15(10-14)7-6-11-4-5-13-12(9-11)3-2-8-16-13/h4-5,9H,2-3,6-8,10H2,1H3. The number of benzene rings is 1. The van der Waals surface area contributed by atoms with Gasteiger partial charge in [-0.1, -0.05) is 28.1 Å². The second kappa shape index (κ2) is 6.08. The Morgan fingerprint density at radius 3 is 3.12 bits per heavy atom. The van der Waals surface area contributed by atoms with Crippen molar-refractivity contribution in [3.05, 3.63) is 29.3 Å². The van der Waals surface area contributed by atoms with E-state index in [0.29, 0.717) is 0 Å². The molecule has 1 aliphatic heterocycles. The molecule has 0 atom stereocenters. The van der Waals surface area contributed by atoms with Crippen LogP contribution in [0, 0.1) is 0 Å². The summed E-state index contributed by atoms with van der Waals surface area (Å²) in [5.41, 5.74) is 4.00. The normalized spacial score (nSPS) is 15.2. The molecule has 1 nitrogen and oxygen atoms in total. The molecular formula is C13H18BrNS. The average Bonchev–Trinajstić information content (AvgIpc) is 2.35. The Labute approximate surface area is 111 Å². The lowest BCUT2D eigenvalue weighted by molar-refractivity contribution is 0.401. The van der Waals surface area contributed by atoms with Gasteiger partial charge < -0.3 is 0 Å². The minimum atomic E-state index is 0.952. The van der Waals surface area contributed by atoms with Crippen LogP contribution in [0.2, 0.25) is 0 Å². The summed E-state index contributed by atoms with van der Waals surface area (Å²) in [6.45, 7) is 1.12. The zero-order valence-corrected chi connectivity index (χ0v) is 12.1. The highest BCUT2D eigenvalue weighted by molar-refractivity contribution is 9.09. The van der Waals surface area contributed by atoms with E-state index in [4.69, 9.17) is 0 Å². The van der Waals surface area contributed by atoms with Crippen molar-refractivity contribution in [1.29, 1.82) is 0 Å². The van der Waals surface area contributed by atoms with Crippen LogP contribution < -0.4 is 0 Å². The lowest BCUT2D eigenvalue weighted by Crippen LogP contribution is -2.19. The predicted molar refractivity (Wildman–Crippen MR) is 75.6 cm³/mol. The Hall–Kier alpha value is 0.01000. The van der Waals surface area contributed by atoms with Crippen LogP contribution in [0.1, 0.15) is 17.5 Å². The first-order valence-corrected chi connectivity index (χ1v) is 7.89. The summed E-state index contributed by atoms with van der Waals surface area (Å²) in [4.78, 5) is 3.79. The third kappa shape index (κ3) is 3.25. The van der Waals surface area contributed by atoms with Crippen molar-refractivity contribution < 1.29 is 0 Å². The van der Waals surface area contributed by atoms with Crippen molar-refractivity contribution in [2.75, 3.05) is 24.8 Å². The van der Waals surface area contributed by atoms with Gasteiger partial charge in [-0.2, -0.15) is 0 Å². The first-order chi connectivity index (χ1) is 7.79. The van der Waals surface area contributed by atoms with E-state index < -0.39 is 0 Å². The number of alkyl halides is 1. The van der Waals surface area contributed by atoms with Gasteiger partial charge >= 0.3 is 0 Å². The summed E-state index contributed by atoms with van der Waals surface area (Å²) in [5.74, 6) is 1.29. The van der Waals surface area contributed by atoms with Crippen LogP contribution in [0.25, 0.3) is 0 Å². The molecule has 0 fully saturated rings. The molecular weight excluding hydrogens is 282 g/mol. The van der Waals surface area contributed by atoms with Gasteiger partial charge in [-0.25, -0.2) is 0 Å². The monoisotopic (exact) mass is 299 g/mol. The van der Waals surface area contributed by atoms with Crippen LogP contribution in [0.4, 0.5) is 0 Å². The molecule has 0 bridgehead atoms. The highest BCUT2D eigenvalue weighted by Gasteiger charge is 2.09. The molecule has 3 heteroatoms. The number of hydrogen-bond acceptors (Lipinski definition) is 2. The zero-order chi connectivity index (χ0) is 11.4. The van der Waals surface area contributed by atoms with Crippen molar-refractivity contribution in [2.45, 2.75) is 24.2 Å². The van der Waals surface area contributed by atoms with Gasteiger partial charge in [0.2, 0.25) is 0 Å². The van der Waals surface area contributed by atoms with Crippen molar-refractivity contribution in [3.63, 3.8) is 0 Å². The van der Waals surface area contributed by atoms with Crippen LogP contribution in [-0.4, -0.2) is 29.7 Å². The van der Waals surface area contributed by atoms with Crippen LogP contribution >= 0.6 is 27.7 Å². The van der Waals surface area contributed by atoms with E-state index >= 15 is 0 Å². The molecule has 0 aromatic heterocycles. The zero-order valence-electron chi connectivity index (χ0n) is 9.71. The summed E-state index contributed by atoms with van der Waals surface area (Å²) in [6, 6.07) is 7.01. The molecule has 0 N–H and O–H groups in total. The highest BCUT2D eigenvalue weighted by Crippen LogP contribution is 2.30. The molecule has 2 rings (SSSR count). The van der Waals surface area contributed by atoms with Gasteiger partial charge in [-0.05, 0) is 49.3 Å². The quantitative estimate of drug-likeness (QED) is 0.618. The number of nitrogens with zero attached hydrogens (tertiary/aromatic N) is 1. The van der Waals surface area contributed by atoms with Gasteiger partial charge in [0.05, 0.1) is 5.45 Å². The maximum Gasteiger partial charge on any atom is 0.0539 e. The van der Waals surface area contributed by atoms with Crippen molar-refractivity contribution in [3.8, 4) is 0 Å². The second-order valence-corrected chi connectivity index (χ2v) is 5.98. The summed E-state index contributed by atoms with van der Waals surface area (Å²) in [7, 11) is 2.14. The fourth-order valence-electron chi connectivity index (χ4n) is 1.95. The molecule has 1 heterocycles. The number of likely N-dealkylation sites (N-methyl/N-ethyl adjacent to an activating group) is 1. The van der Waals surface area contributed by atoms with E-state index in [1.807, 2.05) is 11.8 Å². The van der Waals surface area contributed by atoms with E-state index in [0.717, 1.165) is 18.4 Å². The predicted octanol–water partition coefficient (Wildman–Crippen LogP) is 3.55. The first kappa shape index (κ1) is 12.5. The van der Waals surface area contributed by atoms with Gasteiger partial charge in [0, 0.05) is 11.4 Å². The SMILES string of the molecule is CN(CBr)CCc1ccc2c(c1)CCCS2. The van der Waals surface area contributed by atoms with Crippen LogP contribution in [0.3, 0.4) is 0 Å². The van der Waals surface area contributed by atoms with Gasteiger partial charge in [-0.3, -0.25) is 4.90 Å². The lowest BCUT2D eigenvalue weighted by atomic mass is 10.0. The lowest BCUT2D eigenvalue weighted by Gasteiger charge is -2.17. The third-order valence-corrected chi connectivity index (χ3v) is 5.02. The number of thioether (sulfide) groups is 1. The number of fused-ring (bicyclic) bond motifs is 1. The summed E-state index contributed by atoms with van der Waals surface area (Å²) in [6.07, 6.45) is 3.76. The minimum Gasteiger partial charge on any atom is -0.296 e. The number of halogens is 1. The number of rotatable bonds is 4. The Kier molecular flexibility index (Phi) is 4.74. The van der Waals surface area contributed by atoms with Gasteiger partial charge in [0.25, 0.3) is 0 Å². The Bertz CT molecular complexity index is 354. The van der Waals surface area contributed by atoms with E-state index in [1.54, 1.807) is 5.56 Å². The van der Waals surface area contributed by atoms with E-state index in [1.165, 1.54) is 29.1 Å². The van der Waals surface area contributed by atoms with Crippen LogP contribution in [0.5, 0.6) is 0 Å². The molecule has 1 aromatic carbocycles. The summed E-state index contributed by atoms with van der Waals surface area (Å²) >= 11 is 5.48. The number of hydrogen-bond donors (Lipinski definition) is 0. The summed E-state index contributed by atoms with van der Waals surface area (Å²) < 4.78 is 0. The molecule has 1 aliphatic rings. The Morgan fingerprint density at radius 2 is 2.31 bits per heavy atom. The molecule has 0 amide bonds. The largest absolute Gasteiger partial charge is 0.296 e. The number of aryl methyl sites for hydroxylation is 1. The van der Waals surface area contributed by atoms with Crippen LogP contribution in [-0.2, 0) is 12.8 Å². The Balaban J connectivity index is 2.00. The van der Waals surface area contributed by atoms with Crippen molar-refractivity contribution in [2.24, 2.45) is 0 Å². The second-order valence-electron chi connectivity index (χ2n) is 4.34. The molecule has 0 saturated carbocycles. The molecule has 0 unspecified atom stereocenters. The van der Waals surface area contributed by atoms with Crippen LogP contribution in [0.15, 0.2) is 23.1 Å². The summed E-state index contributed by atoms with van der Waals surface area (Å²) in [5, 5.41) is 0. The molecule has 0 spiro atoms. The fourth-order valence-corrected chi connectivity index (χ4v) is 3.22. The van der Waals surface area contributed by atoms with Gasteiger partial charge in [0.1, 0.15) is 0 Å². The molecule has 0 saturated heterocycles. The smallest absolute Gasteiger partial charge is 0.0539 e. The topological polar surface area (TPSA) is 3.24 Å². The molecule has 1 aromatic rings. The fraction of sp³-hybridized carbons (Fsp3) is 0.538. The van der Waals surface area contributed by atoms with Gasteiger partial charge in [0.15, 0.2) is 0 Å². The molecule has 16 heavy (non-hydrogen) atoms. The minimum absolute atomic E-state index is 0.952. The van der Waals surface area contributed by atoms with E-state index in [2.05, 4.69) is 46.1 Å². The maximum absolute atomic E-state index is 3.47. The van der Waals surface area contributed by atoms with Gasteiger partial charge in [-0.15, -0.1) is 11.8 Å². The van der Waals surface area contributed by atoms with E-state index in [9.17, 15) is 0 Å². The maximum atomic E-state index is 3.47. The molecule has 88 valence electrons. The first-order valence-electron chi connectivity index (χ1n) is 5.78. The molecule has 0 radical (unpaired) electrons. The third-order valence-electron chi connectivity index (χ3n) is 2.96. The molecule has 0 aliphatic carbocycles. The Morgan fingerprint density at radius 1 is 1.44 bits per heavy atom. The highest BCUT2D eigenvalue weighted by atomic mass is 79.9. The van der Waals surface area contributed by atoms with Crippen molar-refractivity contribution >= 4 is 27.7 Å². The average molecular weight is 300 g/mol. The van der Waals surface area contributed by atoms with Crippen molar-refractivity contribution in [1.82, 2.24) is 4.90 Å². The van der Waals surface area contributed by atoms with E-state index in [-0.39, 0.29) is 0 Å².